The van der Waals surface area contributed by atoms with Gasteiger partial charge in [0, 0.05) is 13.1 Å². The topological polar surface area (TPSA) is 50.3 Å². The minimum atomic E-state index is -3.12. The molecule has 1 aromatic rings. The second kappa shape index (κ2) is 5.17. The normalized spacial score (nSPS) is 17.6. The fraction of sp³-hybridized carbons (Fsp3) is 0.364. The molecule has 1 aliphatic heterocycles. The Balaban J connectivity index is 2.24. The Kier molecular flexibility index (Phi) is 3.96. The minimum Gasteiger partial charge on any atom is -0.224 e. The average Bonchev–Trinajstić information content (AvgIpc) is 2.27. The smallest absolute Gasteiger partial charge is 0.211 e. The molecule has 0 aliphatic carbocycles. The molecule has 1 aliphatic rings. The fourth-order valence-electron chi connectivity index (χ4n) is 1.86. The van der Waals surface area contributed by atoms with Gasteiger partial charge < -0.3 is 0 Å². The van der Waals surface area contributed by atoms with E-state index >= 15 is 0 Å². The zero-order chi connectivity index (χ0) is 13.3. The third-order valence-electron chi connectivity index (χ3n) is 2.77. The van der Waals surface area contributed by atoms with E-state index < -0.39 is 10.0 Å². The molecule has 4 nitrogen and oxygen atoms in total. The fourth-order valence-corrected chi connectivity index (χ4v) is 3.09. The Bertz CT molecular complexity index is 579. The van der Waals surface area contributed by atoms with Gasteiger partial charge >= 0.3 is 0 Å². The number of sulfonamides is 1. The van der Waals surface area contributed by atoms with Gasteiger partial charge in [0.15, 0.2) is 0 Å². The van der Waals surface area contributed by atoms with Crippen LogP contribution in [-0.4, -0.2) is 37.1 Å². The lowest BCUT2D eigenvalue weighted by Crippen LogP contribution is -2.33. The molecular weight excluding hydrogens is 295 g/mol. The molecule has 2 rings (SSSR count). The van der Waals surface area contributed by atoms with Gasteiger partial charge in [0.1, 0.15) is 10.3 Å². The lowest BCUT2D eigenvalue weighted by atomic mass is 10.0. The maximum Gasteiger partial charge on any atom is 0.211 e. The average molecular weight is 307 g/mol. The molecule has 0 saturated carbocycles. The Hall–Kier alpha value is -0.620. The zero-order valence-electron chi connectivity index (χ0n) is 9.73. The molecule has 0 atom stereocenters. The summed E-state index contributed by atoms with van der Waals surface area (Å²) >= 11 is 11.7. The van der Waals surface area contributed by atoms with Gasteiger partial charge in [0.2, 0.25) is 10.0 Å². The summed E-state index contributed by atoms with van der Waals surface area (Å²) in [6.07, 6.45) is 3.74. The third-order valence-corrected chi connectivity index (χ3v) is 4.43. The van der Waals surface area contributed by atoms with Crippen molar-refractivity contribution in [2.24, 2.45) is 0 Å². The number of aromatic nitrogens is 1. The number of pyridine rings is 1. The van der Waals surface area contributed by atoms with E-state index in [0.29, 0.717) is 29.8 Å². The summed E-state index contributed by atoms with van der Waals surface area (Å²) < 4.78 is 24.2. The Morgan fingerprint density at radius 2 is 1.89 bits per heavy atom. The molecule has 0 N–H and O–H groups in total. The van der Waals surface area contributed by atoms with E-state index in [4.69, 9.17) is 23.2 Å². The van der Waals surface area contributed by atoms with E-state index in [1.165, 1.54) is 10.6 Å². The van der Waals surface area contributed by atoms with Gasteiger partial charge in [-0.1, -0.05) is 29.3 Å². The van der Waals surface area contributed by atoms with Gasteiger partial charge in [-0.25, -0.2) is 13.4 Å². The summed E-state index contributed by atoms with van der Waals surface area (Å²) in [7, 11) is -3.12. The Labute approximate surface area is 116 Å². The van der Waals surface area contributed by atoms with Crippen LogP contribution >= 0.6 is 23.2 Å². The van der Waals surface area contributed by atoms with Crippen molar-refractivity contribution in [3.8, 4) is 0 Å². The van der Waals surface area contributed by atoms with Crippen molar-refractivity contribution < 1.29 is 8.42 Å². The van der Waals surface area contributed by atoms with Crippen molar-refractivity contribution in [3.63, 3.8) is 0 Å². The van der Waals surface area contributed by atoms with Crippen LogP contribution in [0, 0.1) is 0 Å². The summed E-state index contributed by atoms with van der Waals surface area (Å²) in [6.45, 7) is 0.855. The minimum absolute atomic E-state index is 0.337. The molecule has 0 unspecified atom stereocenters. The molecule has 1 aromatic heterocycles. The predicted octanol–water partition coefficient (Wildman–Crippen LogP) is 2.44. The van der Waals surface area contributed by atoms with Crippen LogP contribution in [0.15, 0.2) is 18.2 Å². The molecule has 98 valence electrons. The van der Waals surface area contributed by atoms with E-state index in [1.54, 1.807) is 12.1 Å². The van der Waals surface area contributed by atoms with Gasteiger partial charge in [-0.3, -0.25) is 0 Å². The first-order chi connectivity index (χ1) is 8.36. The molecule has 0 saturated heterocycles. The van der Waals surface area contributed by atoms with Crippen LogP contribution in [0.5, 0.6) is 0 Å². The van der Waals surface area contributed by atoms with Crippen molar-refractivity contribution >= 4 is 38.8 Å². The Morgan fingerprint density at radius 1 is 1.28 bits per heavy atom. The van der Waals surface area contributed by atoms with Crippen LogP contribution in [0.1, 0.15) is 12.0 Å². The van der Waals surface area contributed by atoms with Gasteiger partial charge in [0.25, 0.3) is 0 Å². The SMILES string of the molecule is CS(=O)(=O)N1CC=C(c2cc(Cl)nc(Cl)c2)CC1. The quantitative estimate of drug-likeness (QED) is 0.789. The standard InChI is InChI=1S/C11H12Cl2N2O2S/c1-18(16,17)15-4-2-8(3-5-15)9-6-10(12)14-11(13)7-9/h2,6-7H,3-5H2,1H3. The maximum atomic E-state index is 11.4. The van der Waals surface area contributed by atoms with Crippen molar-refractivity contribution in [2.45, 2.75) is 6.42 Å². The Morgan fingerprint density at radius 3 is 2.33 bits per heavy atom. The van der Waals surface area contributed by atoms with Crippen LogP contribution in [0.2, 0.25) is 10.3 Å². The summed E-state index contributed by atoms with van der Waals surface area (Å²) in [6, 6.07) is 3.46. The molecule has 0 amide bonds. The highest BCUT2D eigenvalue weighted by molar-refractivity contribution is 7.88. The first-order valence-electron chi connectivity index (χ1n) is 5.34. The second-order valence-corrected chi connectivity index (χ2v) is 6.86. The molecule has 2 heterocycles. The van der Waals surface area contributed by atoms with E-state index in [9.17, 15) is 8.42 Å². The number of halogens is 2. The zero-order valence-corrected chi connectivity index (χ0v) is 12.1. The van der Waals surface area contributed by atoms with Gasteiger partial charge in [-0.2, -0.15) is 4.31 Å². The van der Waals surface area contributed by atoms with E-state index in [-0.39, 0.29) is 0 Å². The van der Waals surface area contributed by atoms with Crippen molar-refractivity contribution in [1.29, 1.82) is 0 Å². The van der Waals surface area contributed by atoms with Crippen LogP contribution in [0.25, 0.3) is 5.57 Å². The molecule has 0 fully saturated rings. The van der Waals surface area contributed by atoms with E-state index in [0.717, 1.165) is 11.1 Å². The van der Waals surface area contributed by atoms with Crippen molar-refractivity contribution in [1.82, 2.24) is 9.29 Å². The van der Waals surface area contributed by atoms with Crippen molar-refractivity contribution in [3.05, 3.63) is 34.1 Å². The summed E-state index contributed by atoms with van der Waals surface area (Å²) in [5.41, 5.74) is 1.94. The summed E-state index contributed by atoms with van der Waals surface area (Å²) in [5.74, 6) is 0. The number of hydrogen-bond donors (Lipinski definition) is 0. The van der Waals surface area contributed by atoms with E-state index in [1.807, 2.05) is 6.08 Å². The van der Waals surface area contributed by atoms with Crippen molar-refractivity contribution in [2.75, 3.05) is 19.3 Å². The first-order valence-corrected chi connectivity index (χ1v) is 7.94. The van der Waals surface area contributed by atoms with Crippen LogP contribution < -0.4 is 0 Å². The molecule has 0 radical (unpaired) electrons. The number of rotatable bonds is 2. The predicted molar refractivity (Wildman–Crippen MR) is 73.3 cm³/mol. The lowest BCUT2D eigenvalue weighted by molar-refractivity contribution is 0.446. The lowest BCUT2D eigenvalue weighted by Gasteiger charge is -2.24. The maximum absolute atomic E-state index is 11.4. The molecule has 7 heteroatoms. The summed E-state index contributed by atoms with van der Waals surface area (Å²) in [5, 5.41) is 0.674. The van der Waals surface area contributed by atoms with E-state index in [2.05, 4.69) is 4.98 Å². The summed E-state index contributed by atoms with van der Waals surface area (Å²) in [4.78, 5) is 3.88. The monoisotopic (exact) mass is 306 g/mol. The molecule has 0 bridgehead atoms. The highest BCUT2D eigenvalue weighted by atomic mass is 35.5. The van der Waals surface area contributed by atoms with Gasteiger partial charge in [0.05, 0.1) is 6.26 Å². The highest BCUT2D eigenvalue weighted by Gasteiger charge is 2.20. The molecule has 18 heavy (non-hydrogen) atoms. The first kappa shape index (κ1) is 13.8. The number of hydrogen-bond acceptors (Lipinski definition) is 3. The molecule has 0 spiro atoms. The van der Waals surface area contributed by atoms with Crippen LogP contribution in [0.3, 0.4) is 0 Å². The highest BCUT2D eigenvalue weighted by Crippen LogP contribution is 2.26. The van der Waals surface area contributed by atoms with Crippen LogP contribution in [-0.2, 0) is 10.0 Å². The van der Waals surface area contributed by atoms with Gasteiger partial charge in [-0.05, 0) is 29.7 Å². The van der Waals surface area contributed by atoms with Crippen LogP contribution in [0.4, 0.5) is 0 Å². The third kappa shape index (κ3) is 3.23. The molecule has 0 aromatic carbocycles. The number of nitrogens with zero attached hydrogens (tertiary/aromatic N) is 2. The largest absolute Gasteiger partial charge is 0.224 e. The molecular formula is C11H12Cl2N2O2S. The van der Waals surface area contributed by atoms with Gasteiger partial charge in [-0.15, -0.1) is 0 Å². The second-order valence-electron chi connectivity index (χ2n) is 4.10.